The third-order valence-corrected chi connectivity index (χ3v) is 4.71. The van der Waals surface area contributed by atoms with Crippen LogP contribution in [0.3, 0.4) is 0 Å². The average molecular weight is 389 g/mol. The Labute approximate surface area is 159 Å². The lowest BCUT2D eigenvalue weighted by molar-refractivity contribution is -0.137. The number of ether oxygens (including phenoxy) is 1. The molecule has 1 aromatic heterocycles. The monoisotopic (exact) mass is 389 g/mol. The summed E-state index contributed by atoms with van der Waals surface area (Å²) >= 11 is 0. The Bertz CT molecular complexity index is 989. The van der Waals surface area contributed by atoms with E-state index >= 15 is 0 Å². The molecule has 1 heterocycles. The van der Waals surface area contributed by atoms with Gasteiger partial charge in [0.15, 0.2) is 0 Å². The molecule has 1 atom stereocenters. The highest BCUT2D eigenvalue weighted by molar-refractivity contribution is 5.89. The largest absolute Gasteiger partial charge is 0.417 e. The molecule has 28 heavy (non-hydrogen) atoms. The van der Waals surface area contributed by atoms with E-state index in [1.807, 2.05) is 0 Å². The van der Waals surface area contributed by atoms with E-state index in [-0.39, 0.29) is 11.8 Å². The molecular formula is C20H18F3N3O2. The van der Waals surface area contributed by atoms with Crippen LogP contribution in [0.2, 0.25) is 0 Å². The molecule has 5 nitrogen and oxygen atoms in total. The minimum Gasteiger partial charge on any atom is -0.375 e. The zero-order valence-electron chi connectivity index (χ0n) is 15.2. The van der Waals surface area contributed by atoms with Crippen LogP contribution in [-0.4, -0.2) is 23.6 Å². The Kier molecular flexibility index (Phi) is 5.66. The predicted molar refractivity (Wildman–Crippen MR) is 98.0 cm³/mol. The molecule has 0 spiro atoms. The maximum Gasteiger partial charge on any atom is 0.417 e. The molecule has 2 aromatic rings. The van der Waals surface area contributed by atoms with Gasteiger partial charge >= 0.3 is 6.18 Å². The molecule has 1 unspecified atom stereocenters. The number of halogens is 3. The van der Waals surface area contributed by atoms with Crippen molar-refractivity contribution in [1.82, 2.24) is 4.68 Å². The van der Waals surface area contributed by atoms with E-state index in [0.717, 1.165) is 30.0 Å². The third-order valence-electron chi connectivity index (χ3n) is 4.71. The van der Waals surface area contributed by atoms with Gasteiger partial charge < -0.3 is 4.74 Å². The van der Waals surface area contributed by atoms with Crippen LogP contribution in [-0.2, 0) is 10.9 Å². The van der Waals surface area contributed by atoms with Gasteiger partial charge in [-0.25, -0.2) is 0 Å². The van der Waals surface area contributed by atoms with Crippen molar-refractivity contribution < 1.29 is 17.9 Å². The van der Waals surface area contributed by atoms with Crippen LogP contribution >= 0.6 is 0 Å². The van der Waals surface area contributed by atoms with E-state index in [2.05, 4.69) is 5.10 Å². The first kappa shape index (κ1) is 19.8. The Balaban J connectivity index is 2.32. The molecule has 0 bridgehead atoms. The Hall–Kier alpha value is -2.92. The maximum atomic E-state index is 13.5. The fourth-order valence-corrected chi connectivity index (χ4v) is 3.31. The fraction of sp³-hybridized carbons (Fsp3) is 0.350. The lowest BCUT2D eigenvalue weighted by Gasteiger charge is -2.23. The highest BCUT2D eigenvalue weighted by Gasteiger charge is 2.37. The van der Waals surface area contributed by atoms with E-state index in [9.17, 15) is 23.2 Å². The van der Waals surface area contributed by atoms with Gasteiger partial charge in [-0.3, -0.25) is 4.79 Å². The number of alkyl halides is 3. The van der Waals surface area contributed by atoms with Crippen LogP contribution in [0.25, 0.3) is 11.3 Å². The zero-order chi connectivity index (χ0) is 20.3. The minimum atomic E-state index is -4.83. The van der Waals surface area contributed by atoms with Gasteiger partial charge in [-0.15, -0.1) is 0 Å². The van der Waals surface area contributed by atoms with Gasteiger partial charge in [-0.05, 0) is 25.3 Å². The van der Waals surface area contributed by atoms with Crippen LogP contribution in [0.1, 0.15) is 36.8 Å². The first-order chi connectivity index (χ1) is 13.4. The quantitative estimate of drug-likeness (QED) is 0.790. The van der Waals surface area contributed by atoms with Crippen molar-refractivity contribution in [2.24, 2.45) is 5.10 Å². The summed E-state index contributed by atoms with van der Waals surface area (Å²) in [5.41, 5.74) is -2.38. The van der Waals surface area contributed by atoms with Gasteiger partial charge in [0.25, 0.3) is 5.56 Å². The zero-order valence-corrected chi connectivity index (χ0v) is 15.2. The van der Waals surface area contributed by atoms with E-state index in [1.165, 1.54) is 13.2 Å². The summed E-state index contributed by atoms with van der Waals surface area (Å²) in [5, 5.41) is 13.6. The lowest BCUT2D eigenvalue weighted by Crippen LogP contribution is -2.31. The van der Waals surface area contributed by atoms with Crippen molar-refractivity contribution >= 4 is 5.71 Å². The summed E-state index contributed by atoms with van der Waals surface area (Å²) in [7, 11) is 1.53. The SMILES string of the molecule is COC1CCCCC1=Nn1c(-c2ccccc2)cc(C(F)(F)F)c(C#N)c1=O. The lowest BCUT2D eigenvalue weighted by atomic mass is 9.95. The number of rotatable bonds is 3. The third kappa shape index (κ3) is 3.85. The number of hydrogen-bond donors (Lipinski definition) is 0. The number of benzene rings is 1. The molecule has 1 aliphatic carbocycles. The Morgan fingerprint density at radius 2 is 1.96 bits per heavy atom. The second-order valence-corrected chi connectivity index (χ2v) is 6.47. The van der Waals surface area contributed by atoms with Gasteiger partial charge in [0.2, 0.25) is 0 Å². The van der Waals surface area contributed by atoms with Crippen molar-refractivity contribution in [2.75, 3.05) is 7.11 Å². The van der Waals surface area contributed by atoms with E-state index in [4.69, 9.17) is 4.74 Å². The minimum absolute atomic E-state index is 0.0233. The summed E-state index contributed by atoms with van der Waals surface area (Å²) in [6, 6.07) is 10.4. The molecule has 0 saturated heterocycles. The van der Waals surface area contributed by atoms with Crippen molar-refractivity contribution in [3.8, 4) is 17.3 Å². The molecule has 0 amide bonds. The first-order valence-electron chi connectivity index (χ1n) is 8.80. The summed E-state index contributed by atoms with van der Waals surface area (Å²) in [6.07, 6.45) is -2.07. The van der Waals surface area contributed by atoms with Crippen molar-refractivity contribution in [2.45, 2.75) is 38.0 Å². The molecule has 8 heteroatoms. The summed E-state index contributed by atoms with van der Waals surface area (Å²) < 4.78 is 46.7. The topological polar surface area (TPSA) is 67.4 Å². The Morgan fingerprint density at radius 1 is 1.25 bits per heavy atom. The molecule has 146 valence electrons. The Morgan fingerprint density at radius 3 is 2.57 bits per heavy atom. The molecule has 0 radical (unpaired) electrons. The van der Waals surface area contributed by atoms with Gasteiger partial charge in [0.1, 0.15) is 11.6 Å². The smallest absolute Gasteiger partial charge is 0.375 e. The van der Waals surface area contributed by atoms with Crippen molar-refractivity contribution in [3.05, 3.63) is 57.9 Å². The van der Waals surface area contributed by atoms with E-state index < -0.39 is 22.9 Å². The van der Waals surface area contributed by atoms with Crippen LogP contribution < -0.4 is 5.56 Å². The molecule has 3 rings (SSSR count). The standard InChI is InChI=1S/C20H18F3N3O2/c1-28-18-10-6-5-9-16(18)25-26-17(13-7-3-2-4-8-13)11-15(20(21,22)23)14(12-24)19(26)27/h2-4,7-8,11,18H,5-6,9-10H2,1H3. The highest BCUT2D eigenvalue weighted by atomic mass is 19.4. The second kappa shape index (κ2) is 7.98. The van der Waals surface area contributed by atoms with Gasteiger partial charge in [0, 0.05) is 12.7 Å². The van der Waals surface area contributed by atoms with Gasteiger partial charge in [0.05, 0.1) is 23.1 Å². The van der Waals surface area contributed by atoms with Crippen LogP contribution in [0.15, 0.2) is 46.3 Å². The number of pyridine rings is 1. The molecular weight excluding hydrogens is 371 g/mol. The predicted octanol–water partition coefficient (Wildman–Crippen LogP) is 4.20. The average Bonchev–Trinajstić information content (AvgIpc) is 2.69. The molecule has 1 aliphatic rings. The normalized spacial score (nSPS) is 18.8. The molecule has 0 N–H and O–H groups in total. The van der Waals surface area contributed by atoms with Crippen LogP contribution in [0.5, 0.6) is 0 Å². The van der Waals surface area contributed by atoms with E-state index in [0.29, 0.717) is 17.7 Å². The number of methoxy groups -OCH3 is 1. The number of nitrogens with zero attached hydrogens (tertiary/aromatic N) is 3. The number of hydrogen-bond acceptors (Lipinski definition) is 4. The van der Waals surface area contributed by atoms with Crippen LogP contribution in [0.4, 0.5) is 13.2 Å². The van der Waals surface area contributed by atoms with Gasteiger partial charge in [-0.1, -0.05) is 36.8 Å². The molecule has 1 fully saturated rings. The summed E-state index contributed by atoms with van der Waals surface area (Å²) in [6.45, 7) is 0. The molecule has 1 aromatic carbocycles. The number of aromatic nitrogens is 1. The number of nitriles is 1. The fourth-order valence-electron chi connectivity index (χ4n) is 3.31. The van der Waals surface area contributed by atoms with Crippen molar-refractivity contribution in [1.29, 1.82) is 5.26 Å². The summed E-state index contributed by atoms with van der Waals surface area (Å²) in [4.78, 5) is 12.8. The first-order valence-corrected chi connectivity index (χ1v) is 8.80. The maximum absolute atomic E-state index is 13.5. The van der Waals surface area contributed by atoms with E-state index in [1.54, 1.807) is 30.3 Å². The molecule has 1 saturated carbocycles. The van der Waals surface area contributed by atoms with Crippen molar-refractivity contribution in [3.63, 3.8) is 0 Å². The summed E-state index contributed by atoms with van der Waals surface area (Å²) in [5.74, 6) is 0. The molecule has 0 aliphatic heterocycles. The highest BCUT2D eigenvalue weighted by Crippen LogP contribution is 2.33. The van der Waals surface area contributed by atoms with Crippen LogP contribution in [0, 0.1) is 11.3 Å². The van der Waals surface area contributed by atoms with Gasteiger partial charge in [-0.2, -0.15) is 28.2 Å². The second-order valence-electron chi connectivity index (χ2n) is 6.47.